The largest absolute Gasteiger partial charge is 0.352 e. The lowest BCUT2D eigenvalue weighted by Crippen LogP contribution is -2.48. The number of amides is 2. The number of carbonyl (C=O) groups is 2. The van der Waals surface area contributed by atoms with Crippen LogP contribution in [0.25, 0.3) is 6.08 Å². The molecule has 4 nitrogen and oxygen atoms in total. The predicted octanol–water partition coefficient (Wildman–Crippen LogP) is 5.42. The lowest BCUT2D eigenvalue weighted by atomic mass is 9.86. The van der Waals surface area contributed by atoms with Crippen LogP contribution in [0, 0.1) is 5.92 Å². The van der Waals surface area contributed by atoms with E-state index in [9.17, 15) is 9.59 Å². The van der Waals surface area contributed by atoms with Crippen molar-refractivity contribution in [2.75, 3.05) is 11.4 Å². The van der Waals surface area contributed by atoms with E-state index in [1.807, 2.05) is 42.5 Å². The first-order chi connectivity index (χ1) is 15.0. The Kier molecular flexibility index (Phi) is 6.81. The second kappa shape index (κ2) is 9.73. The summed E-state index contributed by atoms with van der Waals surface area (Å²) in [4.78, 5) is 29.5. The Morgan fingerprint density at radius 2 is 1.87 bits per heavy atom. The lowest BCUT2D eigenvalue weighted by molar-refractivity contribution is -0.123. The summed E-state index contributed by atoms with van der Waals surface area (Å²) in [6.07, 6.45) is 7.47. The van der Waals surface area contributed by atoms with Gasteiger partial charge in [0.1, 0.15) is 6.54 Å². The van der Waals surface area contributed by atoms with Gasteiger partial charge in [-0.1, -0.05) is 74.8 Å². The molecule has 0 aromatic heterocycles. The fourth-order valence-corrected chi connectivity index (χ4v) is 5.41. The second-order valence-corrected chi connectivity index (χ2v) is 9.58. The first-order valence-electron chi connectivity index (χ1n) is 11.2. The third-order valence-electron chi connectivity index (χ3n) is 6.28. The molecule has 2 aromatic rings. The number of para-hydroxylation sites is 1. The summed E-state index contributed by atoms with van der Waals surface area (Å²) in [5.74, 6) is 0.287. The van der Waals surface area contributed by atoms with Crippen LogP contribution in [0.4, 0.5) is 5.69 Å². The Morgan fingerprint density at radius 1 is 1.13 bits per heavy atom. The normalized spacial score (nSPS) is 22.3. The number of nitrogens with zero attached hydrogens (tertiary/aromatic N) is 1. The fourth-order valence-electron chi connectivity index (χ4n) is 4.35. The molecule has 1 heterocycles. The van der Waals surface area contributed by atoms with Gasteiger partial charge in [-0.15, -0.1) is 0 Å². The van der Waals surface area contributed by atoms with Gasteiger partial charge in [-0.05, 0) is 54.5 Å². The zero-order valence-electron chi connectivity index (χ0n) is 18.3. The molecule has 0 saturated heterocycles. The summed E-state index contributed by atoms with van der Waals surface area (Å²) in [7, 11) is 0. The number of aryl methyl sites for hydroxylation is 1. The first-order valence-corrected chi connectivity index (χ1v) is 12.1. The molecule has 2 atom stereocenters. The minimum atomic E-state index is -0.116. The van der Waals surface area contributed by atoms with Crippen molar-refractivity contribution in [3.05, 3.63) is 64.6 Å². The molecule has 2 unspecified atom stereocenters. The number of hydrogen-bond donors (Lipinski definition) is 1. The van der Waals surface area contributed by atoms with Gasteiger partial charge in [-0.2, -0.15) is 0 Å². The van der Waals surface area contributed by atoms with Crippen molar-refractivity contribution in [2.24, 2.45) is 5.92 Å². The van der Waals surface area contributed by atoms with Crippen LogP contribution in [0.5, 0.6) is 0 Å². The Balaban J connectivity index is 1.56. The highest BCUT2D eigenvalue weighted by atomic mass is 32.2. The Morgan fingerprint density at radius 3 is 2.61 bits per heavy atom. The first kappa shape index (κ1) is 21.7. The van der Waals surface area contributed by atoms with E-state index in [-0.39, 0.29) is 24.4 Å². The topological polar surface area (TPSA) is 49.4 Å². The molecule has 5 heteroatoms. The number of fused-ring (bicyclic) bond motifs is 1. The maximum atomic E-state index is 13.4. The van der Waals surface area contributed by atoms with Crippen LogP contribution in [-0.4, -0.2) is 24.4 Å². The summed E-state index contributed by atoms with van der Waals surface area (Å²) in [6.45, 7) is 4.38. The Labute approximate surface area is 189 Å². The second-order valence-electron chi connectivity index (χ2n) is 8.50. The van der Waals surface area contributed by atoms with Crippen LogP contribution in [-0.2, 0) is 16.0 Å². The maximum absolute atomic E-state index is 13.4. The smallest absolute Gasteiger partial charge is 0.265 e. The highest BCUT2D eigenvalue weighted by Gasteiger charge is 2.31. The van der Waals surface area contributed by atoms with Gasteiger partial charge in [-0.3, -0.25) is 14.5 Å². The van der Waals surface area contributed by atoms with E-state index >= 15 is 0 Å². The number of rotatable bonds is 5. The number of carbonyl (C=O) groups excluding carboxylic acids is 2. The molecular formula is C26H30N2O2S. The number of benzene rings is 2. The third-order valence-corrected chi connectivity index (χ3v) is 7.35. The minimum absolute atomic E-state index is 0.0474. The van der Waals surface area contributed by atoms with Gasteiger partial charge in [0.2, 0.25) is 5.91 Å². The SMILES string of the molecule is CCc1ccc(/C=C2/Sc3ccccc3N(CC(=O)NC3CCCCC3C)C2=O)cc1. The van der Waals surface area contributed by atoms with Crippen LogP contribution in [0.2, 0.25) is 0 Å². The van der Waals surface area contributed by atoms with Crippen LogP contribution < -0.4 is 10.2 Å². The van der Waals surface area contributed by atoms with Crippen LogP contribution in [0.3, 0.4) is 0 Å². The van der Waals surface area contributed by atoms with Crippen LogP contribution in [0.1, 0.15) is 50.7 Å². The van der Waals surface area contributed by atoms with E-state index in [1.54, 1.807) is 4.90 Å². The molecule has 1 aliphatic carbocycles. The third kappa shape index (κ3) is 5.04. The van der Waals surface area contributed by atoms with Crippen LogP contribution in [0.15, 0.2) is 58.3 Å². The van der Waals surface area contributed by atoms with E-state index in [4.69, 9.17) is 0 Å². The van der Waals surface area contributed by atoms with Gasteiger partial charge in [0, 0.05) is 10.9 Å². The molecule has 2 amide bonds. The predicted molar refractivity (Wildman–Crippen MR) is 128 cm³/mol. The van der Waals surface area contributed by atoms with E-state index in [1.165, 1.54) is 23.7 Å². The maximum Gasteiger partial charge on any atom is 0.265 e. The van der Waals surface area contributed by atoms with Crippen molar-refractivity contribution < 1.29 is 9.59 Å². The highest BCUT2D eigenvalue weighted by Crippen LogP contribution is 2.42. The van der Waals surface area contributed by atoms with Crippen molar-refractivity contribution in [2.45, 2.75) is 56.9 Å². The molecule has 2 aromatic carbocycles. The molecular weight excluding hydrogens is 404 g/mol. The molecule has 0 radical (unpaired) electrons. The molecule has 162 valence electrons. The van der Waals surface area contributed by atoms with Crippen molar-refractivity contribution in [3.8, 4) is 0 Å². The van der Waals surface area contributed by atoms with Crippen molar-refractivity contribution >= 4 is 35.3 Å². The Bertz CT molecular complexity index is 983. The molecule has 31 heavy (non-hydrogen) atoms. The van der Waals surface area contributed by atoms with Gasteiger partial charge in [0.05, 0.1) is 10.6 Å². The Hall–Kier alpha value is -2.53. The molecule has 0 spiro atoms. The molecule has 1 saturated carbocycles. The summed E-state index contributed by atoms with van der Waals surface area (Å²) < 4.78 is 0. The minimum Gasteiger partial charge on any atom is -0.352 e. The summed E-state index contributed by atoms with van der Waals surface area (Å²) in [5, 5.41) is 3.19. The zero-order chi connectivity index (χ0) is 21.8. The number of anilines is 1. The standard InChI is InChI=1S/C26H30N2O2S/c1-3-19-12-14-20(15-13-19)16-24-26(30)28(22-10-6-7-11-23(22)31-24)17-25(29)27-21-9-5-4-8-18(21)2/h6-7,10-16,18,21H,3-5,8-9,17H2,1-2H3,(H,27,29)/b24-16+. The van der Waals surface area contributed by atoms with Crippen LogP contribution >= 0.6 is 11.8 Å². The summed E-state index contributed by atoms with van der Waals surface area (Å²) in [5.41, 5.74) is 3.07. The number of hydrogen-bond acceptors (Lipinski definition) is 3. The molecule has 4 rings (SSSR count). The average molecular weight is 435 g/mol. The van der Waals surface area contributed by atoms with Gasteiger partial charge >= 0.3 is 0 Å². The molecule has 1 fully saturated rings. The van der Waals surface area contributed by atoms with Gasteiger partial charge in [0.25, 0.3) is 5.91 Å². The summed E-state index contributed by atoms with van der Waals surface area (Å²) in [6, 6.07) is 16.3. The van der Waals surface area contributed by atoms with Crippen molar-refractivity contribution in [1.82, 2.24) is 5.32 Å². The fraction of sp³-hybridized carbons (Fsp3) is 0.385. The lowest BCUT2D eigenvalue weighted by Gasteiger charge is -2.32. The van der Waals surface area contributed by atoms with E-state index < -0.39 is 0 Å². The van der Waals surface area contributed by atoms with Crippen molar-refractivity contribution in [1.29, 1.82) is 0 Å². The zero-order valence-corrected chi connectivity index (χ0v) is 19.1. The number of nitrogens with one attached hydrogen (secondary N) is 1. The highest BCUT2D eigenvalue weighted by molar-refractivity contribution is 8.04. The van der Waals surface area contributed by atoms with E-state index in [0.717, 1.165) is 41.8 Å². The average Bonchev–Trinajstić information content (AvgIpc) is 2.78. The quantitative estimate of drug-likeness (QED) is 0.639. The van der Waals surface area contributed by atoms with E-state index in [0.29, 0.717) is 10.8 Å². The number of thioether (sulfide) groups is 1. The molecule has 1 aliphatic heterocycles. The molecule has 2 aliphatic rings. The molecule has 0 bridgehead atoms. The summed E-state index contributed by atoms with van der Waals surface area (Å²) >= 11 is 1.47. The van der Waals surface area contributed by atoms with Gasteiger partial charge in [-0.25, -0.2) is 0 Å². The van der Waals surface area contributed by atoms with E-state index in [2.05, 4.69) is 31.3 Å². The van der Waals surface area contributed by atoms with Gasteiger partial charge < -0.3 is 5.32 Å². The monoisotopic (exact) mass is 434 g/mol. The van der Waals surface area contributed by atoms with Crippen molar-refractivity contribution in [3.63, 3.8) is 0 Å². The van der Waals surface area contributed by atoms with Gasteiger partial charge in [0.15, 0.2) is 0 Å². The molecule has 1 N–H and O–H groups in total.